The highest BCUT2D eigenvalue weighted by atomic mass is 32.1. The molecule has 0 bridgehead atoms. The molecule has 1 N–H and O–H groups in total. The number of aryl methyl sites for hydroxylation is 2. The molecule has 0 unspecified atom stereocenters. The van der Waals surface area contributed by atoms with Gasteiger partial charge in [0.2, 0.25) is 5.91 Å². The number of aromatic nitrogens is 3. The Hall–Kier alpha value is -3.06. The van der Waals surface area contributed by atoms with Crippen molar-refractivity contribution in [2.24, 2.45) is 0 Å². The first-order valence-corrected chi connectivity index (χ1v) is 9.41. The van der Waals surface area contributed by atoms with Crippen LogP contribution in [0.1, 0.15) is 16.8 Å². The fourth-order valence-corrected chi connectivity index (χ4v) is 4.32. The number of hydrogen-bond donors (Lipinski definition) is 1. The molecular weight excluding hydrogens is 360 g/mol. The Balaban J connectivity index is 1.62. The average Bonchev–Trinajstić information content (AvgIpc) is 3.02. The van der Waals surface area contributed by atoms with Crippen LogP contribution in [-0.4, -0.2) is 20.4 Å². The molecule has 0 fully saturated rings. The van der Waals surface area contributed by atoms with E-state index in [-0.39, 0.29) is 18.0 Å². The Labute approximate surface area is 159 Å². The van der Waals surface area contributed by atoms with E-state index in [0.29, 0.717) is 16.8 Å². The Bertz CT molecular complexity index is 1210. The van der Waals surface area contributed by atoms with Gasteiger partial charge < -0.3 is 5.32 Å². The van der Waals surface area contributed by atoms with E-state index in [0.717, 1.165) is 27.0 Å². The highest BCUT2D eigenvalue weighted by Crippen LogP contribution is 2.31. The number of pyridine rings is 1. The van der Waals surface area contributed by atoms with E-state index in [4.69, 9.17) is 0 Å². The fraction of sp³-hybridized carbons (Fsp3) is 0.200. The normalized spacial score (nSPS) is 11.2. The molecule has 0 aliphatic rings. The molecular formula is C20H18N4O2S. The molecule has 1 amide bonds. The van der Waals surface area contributed by atoms with Crippen molar-refractivity contribution in [3.63, 3.8) is 0 Å². The zero-order valence-electron chi connectivity index (χ0n) is 15.0. The molecule has 0 aliphatic heterocycles. The number of rotatable bonds is 4. The maximum absolute atomic E-state index is 12.8. The number of thiophene rings is 1. The van der Waals surface area contributed by atoms with Crippen molar-refractivity contribution < 1.29 is 4.79 Å². The summed E-state index contributed by atoms with van der Waals surface area (Å²) in [5.41, 5.74) is 3.41. The summed E-state index contributed by atoms with van der Waals surface area (Å²) in [6, 6.07) is 11.6. The van der Waals surface area contributed by atoms with E-state index in [2.05, 4.69) is 15.3 Å². The molecule has 0 saturated carbocycles. The largest absolute Gasteiger partial charge is 0.350 e. The molecule has 136 valence electrons. The summed E-state index contributed by atoms with van der Waals surface area (Å²) in [6.07, 6.45) is 1.44. The third-order valence-corrected chi connectivity index (χ3v) is 5.45. The van der Waals surface area contributed by atoms with Gasteiger partial charge in [0, 0.05) is 17.6 Å². The van der Waals surface area contributed by atoms with Crippen LogP contribution in [0.25, 0.3) is 20.4 Å². The topological polar surface area (TPSA) is 76.9 Å². The molecule has 0 aliphatic carbocycles. The van der Waals surface area contributed by atoms with E-state index < -0.39 is 0 Å². The zero-order chi connectivity index (χ0) is 19.0. The Morgan fingerprint density at radius 3 is 2.78 bits per heavy atom. The van der Waals surface area contributed by atoms with Gasteiger partial charge in [-0.05, 0) is 31.0 Å². The van der Waals surface area contributed by atoms with Crippen LogP contribution in [0, 0.1) is 13.8 Å². The van der Waals surface area contributed by atoms with Gasteiger partial charge in [-0.2, -0.15) is 0 Å². The first-order chi connectivity index (χ1) is 13.0. The third kappa shape index (κ3) is 3.33. The predicted octanol–water partition coefficient (Wildman–Crippen LogP) is 2.94. The molecule has 0 radical (unpaired) electrons. The van der Waals surface area contributed by atoms with Crippen LogP contribution in [0.5, 0.6) is 0 Å². The van der Waals surface area contributed by atoms with Gasteiger partial charge in [-0.15, -0.1) is 11.3 Å². The van der Waals surface area contributed by atoms with E-state index in [1.165, 1.54) is 22.2 Å². The Morgan fingerprint density at radius 1 is 1.22 bits per heavy atom. The first kappa shape index (κ1) is 17.4. The van der Waals surface area contributed by atoms with Gasteiger partial charge in [-0.25, -0.2) is 9.97 Å². The van der Waals surface area contributed by atoms with Gasteiger partial charge >= 0.3 is 0 Å². The van der Waals surface area contributed by atoms with Gasteiger partial charge in [0.15, 0.2) is 0 Å². The number of nitrogens with zero attached hydrogens (tertiary/aromatic N) is 3. The molecule has 3 heterocycles. The standard InChI is InChI=1S/C20H18N4O2S/c1-12-8-13(2)23-19-16(12)17-18(27-19)20(26)24(11-22-17)10-15(25)21-9-14-6-4-3-5-7-14/h3-8,11H,9-10H2,1-2H3,(H,21,25). The smallest absolute Gasteiger partial charge is 0.271 e. The maximum Gasteiger partial charge on any atom is 0.271 e. The summed E-state index contributed by atoms with van der Waals surface area (Å²) < 4.78 is 1.88. The van der Waals surface area contributed by atoms with Gasteiger partial charge in [-0.1, -0.05) is 30.3 Å². The van der Waals surface area contributed by atoms with E-state index in [1.807, 2.05) is 50.2 Å². The summed E-state index contributed by atoms with van der Waals surface area (Å²) in [5.74, 6) is -0.228. The maximum atomic E-state index is 12.8. The third-order valence-electron chi connectivity index (χ3n) is 4.39. The second-order valence-electron chi connectivity index (χ2n) is 6.48. The van der Waals surface area contributed by atoms with Crippen molar-refractivity contribution >= 4 is 37.7 Å². The van der Waals surface area contributed by atoms with Crippen molar-refractivity contribution in [1.29, 1.82) is 0 Å². The minimum atomic E-state index is -0.228. The van der Waals surface area contributed by atoms with Crippen LogP contribution < -0.4 is 10.9 Å². The molecule has 6 nitrogen and oxygen atoms in total. The first-order valence-electron chi connectivity index (χ1n) is 8.59. The lowest BCUT2D eigenvalue weighted by Gasteiger charge is -2.07. The van der Waals surface area contributed by atoms with Crippen molar-refractivity contribution in [2.75, 3.05) is 0 Å². The lowest BCUT2D eigenvalue weighted by atomic mass is 10.1. The van der Waals surface area contributed by atoms with Crippen molar-refractivity contribution in [3.8, 4) is 0 Å². The fourth-order valence-electron chi connectivity index (χ4n) is 3.12. The second-order valence-corrected chi connectivity index (χ2v) is 7.48. The van der Waals surface area contributed by atoms with E-state index >= 15 is 0 Å². The van der Waals surface area contributed by atoms with Crippen molar-refractivity contribution in [1.82, 2.24) is 19.9 Å². The zero-order valence-corrected chi connectivity index (χ0v) is 15.8. The average molecular weight is 378 g/mol. The quantitative estimate of drug-likeness (QED) is 0.592. The molecule has 7 heteroatoms. The number of nitrogens with one attached hydrogen (secondary N) is 1. The van der Waals surface area contributed by atoms with E-state index in [1.54, 1.807) is 0 Å². The lowest BCUT2D eigenvalue weighted by Crippen LogP contribution is -2.31. The monoisotopic (exact) mass is 378 g/mol. The van der Waals surface area contributed by atoms with Gasteiger partial charge in [0.1, 0.15) is 16.1 Å². The minimum absolute atomic E-state index is 0.0612. The molecule has 27 heavy (non-hydrogen) atoms. The highest BCUT2D eigenvalue weighted by molar-refractivity contribution is 7.25. The molecule has 0 saturated heterocycles. The van der Waals surface area contributed by atoms with Crippen molar-refractivity contribution in [3.05, 3.63) is 69.9 Å². The summed E-state index contributed by atoms with van der Waals surface area (Å²) in [5, 5.41) is 3.75. The van der Waals surface area contributed by atoms with Gasteiger partial charge in [0.25, 0.3) is 5.56 Å². The summed E-state index contributed by atoms with van der Waals surface area (Å²) in [6.45, 7) is 4.29. The molecule has 4 aromatic rings. The predicted molar refractivity (Wildman–Crippen MR) is 107 cm³/mol. The van der Waals surface area contributed by atoms with Crippen LogP contribution in [0.4, 0.5) is 0 Å². The summed E-state index contributed by atoms with van der Waals surface area (Å²) in [4.78, 5) is 34.8. The molecule has 4 rings (SSSR count). The van der Waals surface area contributed by atoms with Crippen LogP contribution in [0.15, 0.2) is 47.5 Å². The molecule has 3 aromatic heterocycles. The Morgan fingerprint density at radius 2 is 2.00 bits per heavy atom. The van der Waals surface area contributed by atoms with Crippen LogP contribution in [0.3, 0.4) is 0 Å². The molecule has 0 spiro atoms. The summed E-state index contributed by atoms with van der Waals surface area (Å²) in [7, 11) is 0. The molecule has 0 atom stereocenters. The number of fused-ring (bicyclic) bond motifs is 3. The van der Waals surface area contributed by atoms with Crippen LogP contribution >= 0.6 is 11.3 Å². The lowest BCUT2D eigenvalue weighted by molar-refractivity contribution is -0.121. The van der Waals surface area contributed by atoms with Gasteiger partial charge in [-0.3, -0.25) is 14.2 Å². The number of amides is 1. The number of carbonyl (C=O) groups excluding carboxylic acids is 1. The minimum Gasteiger partial charge on any atom is -0.350 e. The van der Waals surface area contributed by atoms with Crippen LogP contribution in [0.2, 0.25) is 0 Å². The number of hydrogen-bond acceptors (Lipinski definition) is 5. The van der Waals surface area contributed by atoms with E-state index in [9.17, 15) is 9.59 Å². The van der Waals surface area contributed by atoms with Crippen LogP contribution in [-0.2, 0) is 17.9 Å². The van der Waals surface area contributed by atoms with Crippen molar-refractivity contribution in [2.45, 2.75) is 26.9 Å². The van der Waals surface area contributed by atoms with Gasteiger partial charge in [0.05, 0.1) is 11.8 Å². The SMILES string of the molecule is Cc1cc(C)c2c(n1)sc1c(=O)n(CC(=O)NCc3ccccc3)cnc12. The number of carbonyl (C=O) groups is 1. The molecule has 1 aromatic carbocycles. The number of benzene rings is 1. The second kappa shape index (κ2) is 6.92. The highest BCUT2D eigenvalue weighted by Gasteiger charge is 2.15. The summed E-state index contributed by atoms with van der Waals surface area (Å²) >= 11 is 1.33. The Kier molecular flexibility index (Phi) is 4.45.